The largest absolute Gasteiger partial charge is 0.497 e. The average Bonchev–Trinajstić information content (AvgIpc) is 3.12. The fourth-order valence-electron chi connectivity index (χ4n) is 5.08. The van der Waals surface area contributed by atoms with E-state index in [1.165, 1.54) is 0 Å². The van der Waals surface area contributed by atoms with Gasteiger partial charge in [0.1, 0.15) is 5.75 Å². The second-order valence-electron chi connectivity index (χ2n) is 8.34. The van der Waals surface area contributed by atoms with Crippen LogP contribution in [0.4, 0.5) is 13.2 Å². The molecule has 3 heterocycles. The number of carbonyl (C=O) groups is 1. The molecule has 2 aliphatic rings. The molecule has 0 aliphatic carbocycles. The van der Waals surface area contributed by atoms with Gasteiger partial charge >= 0.3 is 0 Å². The van der Waals surface area contributed by atoms with Gasteiger partial charge in [0.25, 0.3) is 5.91 Å². The normalized spacial score (nSPS) is 19.6. The summed E-state index contributed by atoms with van der Waals surface area (Å²) < 4.78 is 48.1. The number of benzene rings is 2. The van der Waals surface area contributed by atoms with Gasteiger partial charge in [0.2, 0.25) is 0 Å². The Morgan fingerprint density at radius 1 is 1.09 bits per heavy atom. The molecule has 8 heteroatoms. The minimum atomic E-state index is -1.49. The van der Waals surface area contributed by atoms with Crippen molar-refractivity contribution >= 4 is 5.91 Å². The average molecular weight is 441 g/mol. The van der Waals surface area contributed by atoms with Crippen LogP contribution in [0.2, 0.25) is 0 Å². The van der Waals surface area contributed by atoms with Crippen molar-refractivity contribution < 1.29 is 22.7 Å². The molecule has 2 bridgehead atoms. The van der Waals surface area contributed by atoms with Crippen molar-refractivity contribution in [2.45, 2.75) is 37.8 Å². The molecule has 1 aromatic heterocycles. The first kappa shape index (κ1) is 20.6. The molecule has 32 heavy (non-hydrogen) atoms. The molecule has 2 aliphatic heterocycles. The third-order valence-electron chi connectivity index (χ3n) is 6.50. The van der Waals surface area contributed by atoms with Crippen LogP contribution in [0.5, 0.6) is 5.75 Å². The van der Waals surface area contributed by atoms with E-state index in [2.05, 4.69) is 5.10 Å². The Hall–Kier alpha value is -3.29. The first-order valence-electron chi connectivity index (χ1n) is 10.6. The lowest BCUT2D eigenvalue weighted by Gasteiger charge is -2.45. The zero-order chi connectivity index (χ0) is 22.6. The van der Waals surface area contributed by atoms with E-state index in [0.717, 1.165) is 42.7 Å². The Morgan fingerprint density at radius 2 is 1.78 bits per heavy atom. The monoisotopic (exact) mass is 441 g/mol. The first-order chi connectivity index (χ1) is 15.4. The molecule has 166 valence electrons. The highest BCUT2D eigenvalue weighted by molar-refractivity contribution is 5.95. The number of amides is 1. The van der Waals surface area contributed by atoms with Crippen molar-refractivity contribution in [1.29, 1.82) is 0 Å². The minimum Gasteiger partial charge on any atom is -0.497 e. The predicted molar refractivity (Wildman–Crippen MR) is 112 cm³/mol. The van der Waals surface area contributed by atoms with Crippen molar-refractivity contribution in [1.82, 2.24) is 14.7 Å². The molecule has 3 aromatic rings. The van der Waals surface area contributed by atoms with Crippen LogP contribution >= 0.6 is 0 Å². The van der Waals surface area contributed by atoms with Crippen LogP contribution in [0.15, 0.2) is 36.4 Å². The van der Waals surface area contributed by atoms with E-state index in [1.54, 1.807) is 43.1 Å². The lowest BCUT2D eigenvalue weighted by Crippen LogP contribution is -2.49. The maximum Gasteiger partial charge on any atom is 0.254 e. The summed E-state index contributed by atoms with van der Waals surface area (Å²) in [7, 11) is 3.28. The molecule has 1 fully saturated rings. The smallest absolute Gasteiger partial charge is 0.254 e. The number of carbonyl (C=O) groups excluding carboxylic acids is 1. The summed E-state index contributed by atoms with van der Waals surface area (Å²) in [6.07, 6.45) is 3.08. The van der Waals surface area contributed by atoms with E-state index in [4.69, 9.17) is 4.74 Å². The number of aromatic nitrogens is 2. The number of halogens is 3. The molecular weight excluding hydrogens is 419 g/mol. The van der Waals surface area contributed by atoms with Gasteiger partial charge in [0, 0.05) is 29.8 Å². The van der Waals surface area contributed by atoms with E-state index in [0.29, 0.717) is 23.4 Å². The Kier molecular flexibility index (Phi) is 4.95. The van der Waals surface area contributed by atoms with Crippen molar-refractivity contribution in [3.8, 4) is 17.0 Å². The third-order valence-corrected chi connectivity index (χ3v) is 6.50. The highest BCUT2D eigenvalue weighted by Gasteiger charge is 2.43. The Morgan fingerprint density at radius 3 is 2.44 bits per heavy atom. The van der Waals surface area contributed by atoms with Crippen LogP contribution in [0.1, 0.15) is 46.9 Å². The van der Waals surface area contributed by atoms with E-state index in [1.807, 2.05) is 4.90 Å². The molecule has 2 aromatic carbocycles. The number of rotatable bonds is 3. The highest BCUT2D eigenvalue weighted by Crippen LogP contribution is 2.45. The van der Waals surface area contributed by atoms with Gasteiger partial charge < -0.3 is 9.64 Å². The first-order valence-corrected chi connectivity index (χ1v) is 10.6. The van der Waals surface area contributed by atoms with Crippen LogP contribution < -0.4 is 4.74 Å². The molecule has 5 nitrogen and oxygen atoms in total. The Balaban J connectivity index is 1.56. The Bertz CT molecular complexity index is 1180. The van der Waals surface area contributed by atoms with E-state index >= 15 is 0 Å². The number of piperidine rings is 1. The highest BCUT2D eigenvalue weighted by atomic mass is 19.2. The van der Waals surface area contributed by atoms with Crippen molar-refractivity contribution in [3.63, 3.8) is 0 Å². The summed E-state index contributed by atoms with van der Waals surface area (Å²) >= 11 is 0. The Labute approximate surface area is 183 Å². The van der Waals surface area contributed by atoms with Crippen LogP contribution in [0.3, 0.4) is 0 Å². The molecule has 1 amide bonds. The molecule has 2 atom stereocenters. The second-order valence-corrected chi connectivity index (χ2v) is 8.34. The topological polar surface area (TPSA) is 47.4 Å². The number of methoxy groups -OCH3 is 1. The van der Waals surface area contributed by atoms with Crippen molar-refractivity contribution in [3.05, 3.63) is 70.7 Å². The van der Waals surface area contributed by atoms with Gasteiger partial charge in [-0.1, -0.05) is 0 Å². The fraction of sp³-hybridized carbons (Fsp3) is 0.333. The molecule has 5 rings (SSSR count). The predicted octanol–water partition coefficient (Wildman–Crippen LogP) is 4.81. The minimum absolute atomic E-state index is 0.0473. The summed E-state index contributed by atoms with van der Waals surface area (Å²) in [5, 5.41) is 4.65. The van der Waals surface area contributed by atoms with Crippen LogP contribution in [0.25, 0.3) is 11.3 Å². The van der Waals surface area contributed by atoms with Crippen LogP contribution in [0, 0.1) is 17.5 Å². The summed E-state index contributed by atoms with van der Waals surface area (Å²) in [6, 6.07) is 8.75. The lowest BCUT2D eigenvalue weighted by atomic mass is 9.81. The van der Waals surface area contributed by atoms with Crippen LogP contribution in [-0.2, 0) is 13.5 Å². The molecule has 1 saturated heterocycles. The summed E-state index contributed by atoms with van der Waals surface area (Å²) in [5.74, 6) is -3.35. The molecule has 0 saturated carbocycles. The van der Waals surface area contributed by atoms with Crippen LogP contribution in [-0.4, -0.2) is 33.7 Å². The standard InChI is InChI=1S/C24H22F3N3O2/c1-29-23(14-10-18(25)21(27)19(26)11-14)17-12-15-4-3-5-20(22(17)28-29)30(15)24(31)13-6-8-16(32-2)9-7-13/h6-11,15,20H,3-5,12H2,1-2H3/t15-,20+/m0/s1. The summed E-state index contributed by atoms with van der Waals surface area (Å²) in [4.78, 5) is 15.3. The van der Waals surface area contributed by atoms with E-state index in [9.17, 15) is 18.0 Å². The number of nitrogens with zero attached hydrogens (tertiary/aromatic N) is 3. The summed E-state index contributed by atoms with van der Waals surface area (Å²) in [6.45, 7) is 0. The lowest BCUT2D eigenvalue weighted by molar-refractivity contribution is 0.0392. The van der Waals surface area contributed by atoms with Gasteiger partial charge in [0.05, 0.1) is 24.5 Å². The van der Waals surface area contributed by atoms with Gasteiger partial charge in [0.15, 0.2) is 17.5 Å². The second kappa shape index (κ2) is 7.69. The zero-order valence-corrected chi connectivity index (χ0v) is 17.7. The number of hydrogen-bond donors (Lipinski definition) is 0. The molecule has 0 unspecified atom stereocenters. The maximum absolute atomic E-state index is 13.9. The van der Waals surface area contributed by atoms with Gasteiger partial charge in [-0.05, 0) is 62.1 Å². The quantitative estimate of drug-likeness (QED) is 0.549. The van der Waals surface area contributed by atoms with Gasteiger partial charge in [-0.25, -0.2) is 13.2 Å². The van der Waals surface area contributed by atoms with Gasteiger partial charge in [-0.15, -0.1) is 0 Å². The summed E-state index contributed by atoms with van der Waals surface area (Å²) in [5.41, 5.74) is 2.98. The number of fused-ring (bicyclic) bond motifs is 4. The molecular formula is C24H22F3N3O2. The third kappa shape index (κ3) is 3.16. The zero-order valence-electron chi connectivity index (χ0n) is 17.7. The van der Waals surface area contributed by atoms with Crippen molar-refractivity contribution in [2.75, 3.05) is 7.11 Å². The number of aryl methyl sites for hydroxylation is 1. The maximum atomic E-state index is 13.9. The number of hydrogen-bond acceptors (Lipinski definition) is 3. The molecule has 0 N–H and O–H groups in total. The van der Waals surface area contributed by atoms with Gasteiger partial charge in [-0.2, -0.15) is 5.10 Å². The van der Waals surface area contributed by atoms with Crippen molar-refractivity contribution in [2.24, 2.45) is 7.05 Å². The molecule has 0 radical (unpaired) electrons. The fourth-order valence-corrected chi connectivity index (χ4v) is 5.08. The molecule has 0 spiro atoms. The van der Waals surface area contributed by atoms with E-state index in [-0.39, 0.29) is 23.6 Å². The van der Waals surface area contributed by atoms with E-state index < -0.39 is 17.5 Å². The van der Waals surface area contributed by atoms with Gasteiger partial charge in [-0.3, -0.25) is 9.48 Å². The number of ether oxygens (including phenoxy) is 1. The SMILES string of the molecule is COc1ccc(C(=O)N2[C@H]3CCC[C@@H]2c2nn(C)c(-c4cc(F)c(F)c(F)c4)c2C3)cc1.